The minimum atomic E-state index is -3.40. The van der Waals surface area contributed by atoms with Crippen molar-refractivity contribution in [3.63, 3.8) is 0 Å². The third-order valence-corrected chi connectivity index (χ3v) is 7.93. The predicted octanol–water partition coefficient (Wildman–Crippen LogP) is 4.92. The number of anilines is 1. The highest BCUT2D eigenvalue weighted by molar-refractivity contribution is 7.92. The monoisotopic (exact) mass is 440 g/mol. The van der Waals surface area contributed by atoms with Crippen LogP contribution in [0.3, 0.4) is 0 Å². The fourth-order valence-electron chi connectivity index (χ4n) is 2.98. The molecule has 0 aliphatic carbocycles. The summed E-state index contributed by atoms with van der Waals surface area (Å²) in [6, 6.07) is 17.3. The number of para-hydroxylation sites is 1. The molecule has 30 heavy (non-hydrogen) atoms. The minimum Gasteiger partial charge on any atom is -0.467 e. The first kappa shape index (κ1) is 20.3. The van der Waals surface area contributed by atoms with Crippen LogP contribution in [0.25, 0.3) is 10.2 Å². The Hall–Kier alpha value is -2.97. The lowest BCUT2D eigenvalue weighted by Crippen LogP contribution is -2.30. The van der Waals surface area contributed by atoms with Gasteiger partial charge < -0.3 is 4.42 Å². The van der Waals surface area contributed by atoms with Gasteiger partial charge in [0.05, 0.1) is 33.2 Å². The maximum atomic E-state index is 13.3. The van der Waals surface area contributed by atoms with E-state index in [4.69, 9.17) is 4.42 Å². The standard InChI is InChI=1S/C22H20N2O4S2/c1-15(2)30(26,27)18-11-9-16(10-12-18)21(25)24(14-17-6-5-13-28-17)22-23-19-7-3-4-8-20(19)29-22/h3-13,15H,14H2,1-2H3. The molecule has 0 N–H and O–H groups in total. The lowest BCUT2D eigenvalue weighted by Gasteiger charge is -2.19. The molecule has 6 nitrogen and oxygen atoms in total. The van der Waals surface area contributed by atoms with Gasteiger partial charge in [0, 0.05) is 5.56 Å². The van der Waals surface area contributed by atoms with E-state index in [-0.39, 0.29) is 17.3 Å². The number of furan rings is 1. The summed E-state index contributed by atoms with van der Waals surface area (Å²) in [6.07, 6.45) is 1.56. The van der Waals surface area contributed by atoms with Gasteiger partial charge in [-0.3, -0.25) is 9.69 Å². The van der Waals surface area contributed by atoms with E-state index in [1.807, 2.05) is 24.3 Å². The third-order valence-electron chi connectivity index (χ3n) is 4.70. The normalized spacial score (nSPS) is 11.8. The maximum Gasteiger partial charge on any atom is 0.260 e. The number of rotatable bonds is 6. The Bertz CT molecular complexity index is 1240. The number of thiazole rings is 1. The minimum absolute atomic E-state index is 0.201. The van der Waals surface area contributed by atoms with Crippen LogP contribution in [0, 0.1) is 0 Å². The van der Waals surface area contributed by atoms with Crippen LogP contribution in [-0.4, -0.2) is 24.6 Å². The lowest BCUT2D eigenvalue weighted by molar-refractivity contribution is 0.0983. The molecule has 1 amide bonds. The molecular formula is C22H20N2O4S2. The van der Waals surface area contributed by atoms with Crippen LogP contribution >= 0.6 is 11.3 Å². The Morgan fingerprint density at radius 2 is 1.80 bits per heavy atom. The van der Waals surface area contributed by atoms with Gasteiger partial charge in [0.25, 0.3) is 5.91 Å². The predicted molar refractivity (Wildman–Crippen MR) is 118 cm³/mol. The molecule has 154 valence electrons. The molecule has 2 aromatic carbocycles. The lowest BCUT2D eigenvalue weighted by atomic mass is 10.2. The van der Waals surface area contributed by atoms with E-state index in [0.29, 0.717) is 16.5 Å². The van der Waals surface area contributed by atoms with Crippen LogP contribution < -0.4 is 4.90 Å². The second-order valence-corrected chi connectivity index (χ2v) is 10.6. The Kier molecular flexibility index (Phi) is 5.44. The van der Waals surface area contributed by atoms with Crippen molar-refractivity contribution in [3.05, 3.63) is 78.3 Å². The summed E-state index contributed by atoms with van der Waals surface area (Å²) >= 11 is 1.42. The van der Waals surface area contributed by atoms with Crippen LogP contribution in [-0.2, 0) is 16.4 Å². The van der Waals surface area contributed by atoms with E-state index < -0.39 is 15.1 Å². The highest BCUT2D eigenvalue weighted by atomic mass is 32.2. The summed E-state index contributed by atoms with van der Waals surface area (Å²) in [6.45, 7) is 3.48. The smallest absolute Gasteiger partial charge is 0.260 e. The summed E-state index contributed by atoms with van der Waals surface area (Å²) < 4.78 is 31.1. The quantitative estimate of drug-likeness (QED) is 0.425. The molecule has 0 spiro atoms. The molecule has 8 heteroatoms. The molecule has 2 aromatic heterocycles. The van der Waals surface area contributed by atoms with Crippen molar-refractivity contribution in [1.29, 1.82) is 0 Å². The molecule has 0 atom stereocenters. The Balaban J connectivity index is 1.70. The van der Waals surface area contributed by atoms with Gasteiger partial charge in [0.2, 0.25) is 0 Å². The summed E-state index contributed by atoms with van der Waals surface area (Å²) in [5.41, 5.74) is 1.19. The average molecular weight is 441 g/mol. The maximum absolute atomic E-state index is 13.3. The molecule has 4 rings (SSSR count). The fraction of sp³-hybridized carbons (Fsp3) is 0.182. The number of amides is 1. The van der Waals surface area contributed by atoms with E-state index in [9.17, 15) is 13.2 Å². The molecular weight excluding hydrogens is 420 g/mol. The van der Waals surface area contributed by atoms with Crippen molar-refractivity contribution >= 4 is 42.4 Å². The largest absolute Gasteiger partial charge is 0.467 e. The highest BCUT2D eigenvalue weighted by Gasteiger charge is 2.24. The Labute approximate surface area is 178 Å². The number of nitrogens with zero attached hydrogens (tertiary/aromatic N) is 2. The van der Waals surface area contributed by atoms with E-state index in [0.717, 1.165) is 10.2 Å². The van der Waals surface area contributed by atoms with Crippen molar-refractivity contribution in [2.24, 2.45) is 0 Å². The zero-order valence-corrected chi connectivity index (χ0v) is 18.1. The fourth-order valence-corrected chi connectivity index (χ4v) is 5.00. The summed E-state index contributed by atoms with van der Waals surface area (Å²) in [5.74, 6) is 0.348. The molecule has 0 saturated heterocycles. The third kappa shape index (κ3) is 3.88. The molecule has 0 fully saturated rings. The van der Waals surface area contributed by atoms with E-state index in [1.54, 1.807) is 49.3 Å². The van der Waals surface area contributed by atoms with Crippen LogP contribution in [0.2, 0.25) is 0 Å². The molecule has 4 aromatic rings. The zero-order chi connectivity index (χ0) is 21.3. The van der Waals surface area contributed by atoms with Crippen LogP contribution in [0.15, 0.2) is 76.2 Å². The molecule has 0 aliphatic rings. The number of fused-ring (bicyclic) bond motifs is 1. The number of sulfone groups is 1. The second kappa shape index (κ2) is 8.04. The van der Waals surface area contributed by atoms with Crippen LogP contribution in [0.5, 0.6) is 0 Å². The number of carbonyl (C=O) groups is 1. The van der Waals surface area contributed by atoms with Gasteiger partial charge in [-0.05, 0) is 62.4 Å². The summed E-state index contributed by atoms with van der Waals surface area (Å²) in [5, 5.41) is 0.0220. The van der Waals surface area contributed by atoms with Crippen LogP contribution in [0.1, 0.15) is 30.0 Å². The molecule has 0 unspecified atom stereocenters. The first-order valence-electron chi connectivity index (χ1n) is 9.40. The topological polar surface area (TPSA) is 80.5 Å². The van der Waals surface area contributed by atoms with Gasteiger partial charge in [-0.1, -0.05) is 23.5 Å². The number of aromatic nitrogens is 1. The molecule has 2 heterocycles. The first-order chi connectivity index (χ1) is 14.4. The van der Waals surface area contributed by atoms with Crippen molar-refractivity contribution in [1.82, 2.24) is 4.98 Å². The Morgan fingerprint density at radius 3 is 2.43 bits per heavy atom. The van der Waals surface area contributed by atoms with Crippen molar-refractivity contribution in [2.45, 2.75) is 30.5 Å². The summed E-state index contributed by atoms with van der Waals surface area (Å²) in [4.78, 5) is 19.7. The van der Waals surface area contributed by atoms with Crippen molar-refractivity contribution in [2.75, 3.05) is 4.90 Å². The van der Waals surface area contributed by atoms with E-state index >= 15 is 0 Å². The number of hydrogen-bond donors (Lipinski definition) is 0. The number of carbonyl (C=O) groups excluding carboxylic acids is 1. The zero-order valence-electron chi connectivity index (χ0n) is 16.5. The van der Waals surface area contributed by atoms with E-state index in [2.05, 4.69) is 4.98 Å². The van der Waals surface area contributed by atoms with Gasteiger partial charge in [-0.25, -0.2) is 13.4 Å². The van der Waals surface area contributed by atoms with Crippen molar-refractivity contribution in [3.8, 4) is 0 Å². The van der Waals surface area contributed by atoms with Gasteiger partial charge in [-0.15, -0.1) is 0 Å². The SMILES string of the molecule is CC(C)S(=O)(=O)c1ccc(C(=O)N(Cc2ccco2)c2nc3ccccc3s2)cc1. The average Bonchev–Trinajstić information content (AvgIpc) is 3.40. The van der Waals surface area contributed by atoms with Gasteiger partial charge in [-0.2, -0.15) is 0 Å². The van der Waals surface area contributed by atoms with Gasteiger partial charge in [0.1, 0.15) is 5.76 Å². The number of benzene rings is 2. The molecule has 0 radical (unpaired) electrons. The Morgan fingerprint density at radius 1 is 1.07 bits per heavy atom. The molecule has 0 bridgehead atoms. The van der Waals surface area contributed by atoms with E-state index in [1.165, 1.54) is 23.5 Å². The highest BCUT2D eigenvalue weighted by Crippen LogP contribution is 2.31. The molecule has 0 saturated carbocycles. The summed E-state index contributed by atoms with van der Waals surface area (Å²) in [7, 11) is -3.40. The first-order valence-corrected chi connectivity index (χ1v) is 11.8. The van der Waals surface area contributed by atoms with Crippen molar-refractivity contribution < 1.29 is 17.6 Å². The van der Waals surface area contributed by atoms with Gasteiger partial charge >= 0.3 is 0 Å². The molecule has 0 aliphatic heterocycles. The number of hydrogen-bond acceptors (Lipinski definition) is 6. The van der Waals surface area contributed by atoms with Crippen LogP contribution in [0.4, 0.5) is 5.13 Å². The van der Waals surface area contributed by atoms with Gasteiger partial charge in [0.15, 0.2) is 15.0 Å². The second-order valence-electron chi connectivity index (χ2n) is 7.05.